The van der Waals surface area contributed by atoms with E-state index in [1.807, 2.05) is 0 Å². The molecule has 0 aromatic rings. The maximum Gasteiger partial charge on any atom is 0.0691 e. The SMILES string of the molecule is CC1(C)OCCC2=CC3CCCCC3CC21. The van der Waals surface area contributed by atoms with Crippen molar-refractivity contribution in [2.75, 3.05) is 6.61 Å². The Morgan fingerprint density at radius 3 is 2.94 bits per heavy atom. The molecule has 0 aromatic heterocycles. The lowest BCUT2D eigenvalue weighted by Crippen LogP contribution is -2.44. The maximum absolute atomic E-state index is 5.97. The van der Waals surface area contributed by atoms with Crippen LogP contribution in [0.3, 0.4) is 0 Å². The monoisotopic (exact) mass is 220 g/mol. The minimum Gasteiger partial charge on any atom is -0.375 e. The quantitative estimate of drug-likeness (QED) is 0.562. The van der Waals surface area contributed by atoms with E-state index in [2.05, 4.69) is 19.9 Å². The highest BCUT2D eigenvalue weighted by Gasteiger charge is 2.42. The number of allylic oxidation sites excluding steroid dienone is 1. The molecule has 3 aliphatic rings. The molecule has 3 atom stereocenters. The second kappa shape index (κ2) is 3.87. The molecule has 0 spiro atoms. The maximum atomic E-state index is 5.97. The van der Waals surface area contributed by atoms with Crippen LogP contribution in [-0.2, 0) is 4.74 Å². The van der Waals surface area contributed by atoms with E-state index >= 15 is 0 Å². The Hall–Kier alpha value is -0.300. The summed E-state index contributed by atoms with van der Waals surface area (Å²) in [5.41, 5.74) is 1.81. The second-order valence-electron chi connectivity index (χ2n) is 6.44. The van der Waals surface area contributed by atoms with Gasteiger partial charge in [0.2, 0.25) is 0 Å². The first-order valence-corrected chi connectivity index (χ1v) is 7.01. The molecule has 0 amide bonds. The molecule has 0 bridgehead atoms. The lowest BCUT2D eigenvalue weighted by molar-refractivity contribution is -0.0824. The number of ether oxygens (including phenoxy) is 1. The van der Waals surface area contributed by atoms with Crippen molar-refractivity contribution in [2.24, 2.45) is 17.8 Å². The van der Waals surface area contributed by atoms with Gasteiger partial charge >= 0.3 is 0 Å². The number of hydrogen-bond acceptors (Lipinski definition) is 1. The van der Waals surface area contributed by atoms with E-state index in [1.165, 1.54) is 38.5 Å². The first kappa shape index (κ1) is 10.8. The molecule has 0 radical (unpaired) electrons. The minimum absolute atomic E-state index is 0.0898. The van der Waals surface area contributed by atoms with Crippen molar-refractivity contribution in [3.8, 4) is 0 Å². The Morgan fingerprint density at radius 1 is 1.25 bits per heavy atom. The summed E-state index contributed by atoms with van der Waals surface area (Å²) in [7, 11) is 0. The smallest absolute Gasteiger partial charge is 0.0691 e. The molecule has 16 heavy (non-hydrogen) atoms. The van der Waals surface area contributed by atoms with Gasteiger partial charge in [0.15, 0.2) is 0 Å². The summed E-state index contributed by atoms with van der Waals surface area (Å²) >= 11 is 0. The van der Waals surface area contributed by atoms with E-state index in [9.17, 15) is 0 Å². The van der Waals surface area contributed by atoms with Crippen molar-refractivity contribution in [3.05, 3.63) is 11.6 Å². The third-order valence-corrected chi connectivity index (χ3v) is 5.09. The van der Waals surface area contributed by atoms with Gasteiger partial charge in [-0.2, -0.15) is 0 Å². The van der Waals surface area contributed by atoms with Gasteiger partial charge in [-0.25, -0.2) is 0 Å². The first-order chi connectivity index (χ1) is 7.67. The van der Waals surface area contributed by atoms with Crippen molar-refractivity contribution >= 4 is 0 Å². The van der Waals surface area contributed by atoms with Gasteiger partial charge in [-0.1, -0.05) is 24.5 Å². The van der Waals surface area contributed by atoms with Gasteiger partial charge in [0.05, 0.1) is 12.2 Å². The van der Waals surface area contributed by atoms with E-state index in [0.29, 0.717) is 5.92 Å². The highest BCUT2D eigenvalue weighted by atomic mass is 16.5. The Morgan fingerprint density at radius 2 is 2.06 bits per heavy atom. The lowest BCUT2D eigenvalue weighted by atomic mass is 9.64. The van der Waals surface area contributed by atoms with Gasteiger partial charge in [0, 0.05) is 5.92 Å². The van der Waals surface area contributed by atoms with E-state index in [0.717, 1.165) is 18.4 Å². The summed E-state index contributed by atoms with van der Waals surface area (Å²) in [5, 5.41) is 0. The van der Waals surface area contributed by atoms with Crippen LogP contribution in [-0.4, -0.2) is 12.2 Å². The van der Waals surface area contributed by atoms with Crippen LogP contribution in [0.5, 0.6) is 0 Å². The van der Waals surface area contributed by atoms with E-state index in [1.54, 1.807) is 5.57 Å². The van der Waals surface area contributed by atoms with Crippen LogP contribution in [0.4, 0.5) is 0 Å². The van der Waals surface area contributed by atoms with Crippen molar-refractivity contribution in [1.29, 1.82) is 0 Å². The predicted molar refractivity (Wildman–Crippen MR) is 66.3 cm³/mol. The second-order valence-corrected chi connectivity index (χ2v) is 6.44. The van der Waals surface area contributed by atoms with Crippen LogP contribution in [0.1, 0.15) is 52.4 Å². The summed E-state index contributed by atoms with van der Waals surface area (Å²) in [6, 6.07) is 0. The van der Waals surface area contributed by atoms with Gasteiger partial charge in [0.25, 0.3) is 0 Å². The summed E-state index contributed by atoms with van der Waals surface area (Å²) in [5.74, 6) is 2.58. The molecule has 2 aliphatic carbocycles. The molecule has 0 aromatic carbocycles. The average Bonchev–Trinajstić information content (AvgIpc) is 2.27. The van der Waals surface area contributed by atoms with Crippen LogP contribution >= 0.6 is 0 Å². The molecule has 2 fully saturated rings. The molecule has 3 unspecified atom stereocenters. The molecule has 1 aliphatic heterocycles. The van der Waals surface area contributed by atoms with E-state index in [4.69, 9.17) is 4.74 Å². The zero-order valence-corrected chi connectivity index (χ0v) is 10.7. The van der Waals surface area contributed by atoms with Crippen LogP contribution in [0.25, 0.3) is 0 Å². The van der Waals surface area contributed by atoms with Crippen molar-refractivity contribution in [3.63, 3.8) is 0 Å². The fourth-order valence-electron chi connectivity index (χ4n) is 4.11. The molecule has 0 N–H and O–H groups in total. The Labute approximate surface area is 99.3 Å². The van der Waals surface area contributed by atoms with Crippen LogP contribution < -0.4 is 0 Å². The molecule has 3 rings (SSSR count). The van der Waals surface area contributed by atoms with E-state index < -0.39 is 0 Å². The first-order valence-electron chi connectivity index (χ1n) is 7.01. The van der Waals surface area contributed by atoms with E-state index in [-0.39, 0.29) is 5.60 Å². The normalized spacial score (nSPS) is 41.9. The molecular formula is C15H24O. The summed E-state index contributed by atoms with van der Waals surface area (Å²) in [6.07, 6.45) is 11.0. The predicted octanol–water partition coefficient (Wildman–Crippen LogP) is 3.94. The highest BCUT2D eigenvalue weighted by molar-refractivity contribution is 5.20. The van der Waals surface area contributed by atoms with Crippen molar-refractivity contribution in [1.82, 2.24) is 0 Å². The molecule has 1 saturated carbocycles. The molecule has 1 heterocycles. The molecule has 1 heteroatoms. The van der Waals surface area contributed by atoms with Crippen LogP contribution in [0.2, 0.25) is 0 Å². The van der Waals surface area contributed by atoms with Gasteiger partial charge < -0.3 is 4.74 Å². The summed E-state index contributed by atoms with van der Waals surface area (Å²) in [4.78, 5) is 0. The Bertz CT molecular complexity index is 303. The largest absolute Gasteiger partial charge is 0.375 e. The van der Waals surface area contributed by atoms with Crippen LogP contribution in [0, 0.1) is 17.8 Å². The zero-order chi connectivity index (χ0) is 11.2. The summed E-state index contributed by atoms with van der Waals surface area (Å²) < 4.78 is 5.97. The fraction of sp³-hybridized carbons (Fsp3) is 0.867. The minimum atomic E-state index is 0.0898. The Kier molecular flexibility index (Phi) is 2.62. The topological polar surface area (TPSA) is 9.23 Å². The van der Waals surface area contributed by atoms with Gasteiger partial charge in [0.1, 0.15) is 0 Å². The van der Waals surface area contributed by atoms with Gasteiger partial charge in [-0.05, 0) is 51.4 Å². The van der Waals surface area contributed by atoms with Crippen molar-refractivity contribution in [2.45, 2.75) is 58.0 Å². The third kappa shape index (κ3) is 1.73. The number of hydrogen-bond donors (Lipinski definition) is 0. The fourth-order valence-corrected chi connectivity index (χ4v) is 4.11. The van der Waals surface area contributed by atoms with Crippen molar-refractivity contribution < 1.29 is 4.74 Å². The molecule has 1 saturated heterocycles. The molecule has 90 valence electrons. The number of fused-ring (bicyclic) bond motifs is 2. The number of rotatable bonds is 0. The van der Waals surface area contributed by atoms with Crippen LogP contribution in [0.15, 0.2) is 11.6 Å². The van der Waals surface area contributed by atoms with Gasteiger partial charge in [-0.15, -0.1) is 0 Å². The average molecular weight is 220 g/mol. The zero-order valence-electron chi connectivity index (χ0n) is 10.7. The lowest BCUT2D eigenvalue weighted by Gasteiger charge is -2.47. The summed E-state index contributed by atoms with van der Waals surface area (Å²) in [6.45, 7) is 5.51. The Balaban J connectivity index is 1.87. The molecular weight excluding hydrogens is 196 g/mol. The standard InChI is InChI=1S/C15H24O/c1-15(2)14-10-12-6-4-3-5-11(12)9-13(14)7-8-16-15/h9,11-12,14H,3-8,10H2,1-2H3. The molecule has 1 nitrogen and oxygen atoms in total. The van der Waals surface area contributed by atoms with Gasteiger partial charge in [-0.3, -0.25) is 0 Å². The third-order valence-electron chi connectivity index (χ3n) is 5.09. The highest BCUT2D eigenvalue weighted by Crippen LogP contribution is 2.48.